The Labute approximate surface area is 75.9 Å². The molecule has 0 saturated heterocycles. The highest BCUT2D eigenvalue weighted by atomic mass is 19.1. The van der Waals surface area contributed by atoms with Gasteiger partial charge < -0.3 is 9.94 Å². The first-order valence-corrected chi connectivity index (χ1v) is 3.95. The fourth-order valence-corrected chi connectivity index (χ4v) is 1.08. The minimum atomic E-state index is -0.329. The van der Waals surface area contributed by atoms with Gasteiger partial charge in [0.25, 0.3) is 0 Å². The molecule has 0 aliphatic heterocycles. The number of benzene rings is 1. The van der Waals surface area contributed by atoms with Gasteiger partial charge in [0, 0.05) is 6.42 Å². The van der Waals surface area contributed by atoms with E-state index in [2.05, 4.69) is 4.84 Å². The van der Waals surface area contributed by atoms with E-state index >= 15 is 0 Å². The SMILES string of the molecule is Cc1cc(O)c(CCON)cc1F. The van der Waals surface area contributed by atoms with Crippen molar-refractivity contribution in [1.82, 2.24) is 0 Å². The molecule has 0 radical (unpaired) electrons. The van der Waals surface area contributed by atoms with Crippen molar-refractivity contribution >= 4 is 0 Å². The third kappa shape index (κ3) is 2.40. The number of hydrogen-bond acceptors (Lipinski definition) is 3. The van der Waals surface area contributed by atoms with Crippen molar-refractivity contribution < 1.29 is 14.3 Å². The summed E-state index contributed by atoms with van der Waals surface area (Å²) in [6, 6.07) is 2.69. The molecule has 3 nitrogen and oxygen atoms in total. The molecular formula is C9H12FNO2. The Bertz CT molecular complexity index is 302. The number of halogens is 1. The largest absolute Gasteiger partial charge is 0.508 e. The van der Waals surface area contributed by atoms with E-state index in [1.807, 2.05) is 0 Å². The van der Waals surface area contributed by atoms with Crippen LogP contribution in [0.5, 0.6) is 5.75 Å². The van der Waals surface area contributed by atoms with Crippen molar-refractivity contribution in [2.45, 2.75) is 13.3 Å². The number of aryl methyl sites for hydroxylation is 1. The first kappa shape index (κ1) is 9.95. The average molecular weight is 185 g/mol. The molecule has 0 unspecified atom stereocenters. The summed E-state index contributed by atoms with van der Waals surface area (Å²) in [5.41, 5.74) is 0.934. The molecule has 0 spiro atoms. The fraction of sp³-hybridized carbons (Fsp3) is 0.333. The quantitative estimate of drug-likeness (QED) is 0.697. The Morgan fingerprint density at radius 2 is 2.23 bits per heavy atom. The zero-order chi connectivity index (χ0) is 9.84. The van der Waals surface area contributed by atoms with Crippen LogP contribution in [-0.4, -0.2) is 11.7 Å². The van der Waals surface area contributed by atoms with Crippen molar-refractivity contribution in [3.63, 3.8) is 0 Å². The molecule has 0 aliphatic rings. The van der Waals surface area contributed by atoms with Gasteiger partial charge in [0.05, 0.1) is 6.61 Å². The van der Waals surface area contributed by atoms with E-state index in [9.17, 15) is 9.50 Å². The highest BCUT2D eigenvalue weighted by Gasteiger charge is 2.05. The summed E-state index contributed by atoms with van der Waals surface area (Å²) in [6.45, 7) is 1.86. The molecule has 1 aromatic carbocycles. The second-order valence-corrected chi connectivity index (χ2v) is 2.85. The number of phenols is 1. The first-order valence-electron chi connectivity index (χ1n) is 3.95. The lowest BCUT2D eigenvalue weighted by Gasteiger charge is -2.05. The summed E-state index contributed by atoms with van der Waals surface area (Å²) in [6.07, 6.45) is 0.402. The van der Waals surface area contributed by atoms with Crippen LogP contribution in [0, 0.1) is 12.7 Å². The first-order chi connectivity index (χ1) is 6.15. The van der Waals surface area contributed by atoms with Crippen molar-refractivity contribution in [2.24, 2.45) is 5.90 Å². The second-order valence-electron chi connectivity index (χ2n) is 2.85. The molecule has 0 atom stereocenters. The average Bonchev–Trinajstić information content (AvgIpc) is 2.09. The Balaban J connectivity index is 2.88. The maximum absolute atomic E-state index is 13.0. The smallest absolute Gasteiger partial charge is 0.126 e. The van der Waals surface area contributed by atoms with Crippen LogP contribution in [0.25, 0.3) is 0 Å². The van der Waals surface area contributed by atoms with Gasteiger partial charge in [0.1, 0.15) is 11.6 Å². The van der Waals surface area contributed by atoms with Crippen LogP contribution in [0.1, 0.15) is 11.1 Å². The maximum Gasteiger partial charge on any atom is 0.126 e. The lowest BCUT2D eigenvalue weighted by atomic mass is 10.1. The van der Waals surface area contributed by atoms with Crippen LogP contribution >= 0.6 is 0 Å². The molecule has 1 aromatic rings. The second kappa shape index (κ2) is 4.20. The highest BCUT2D eigenvalue weighted by molar-refractivity contribution is 5.36. The summed E-state index contributed by atoms with van der Waals surface area (Å²) < 4.78 is 13.0. The standard InChI is InChI=1S/C9H12FNO2/c1-6-4-9(12)7(2-3-13-11)5-8(6)10/h4-5,12H,2-3,11H2,1H3. The van der Waals surface area contributed by atoms with Gasteiger partial charge in [-0.1, -0.05) is 0 Å². The summed E-state index contributed by atoms with van der Waals surface area (Å²) in [4.78, 5) is 4.34. The van der Waals surface area contributed by atoms with Crippen LogP contribution in [0.2, 0.25) is 0 Å². The van der Waals surface area contributed by atoms with Crippen LogP contribution in [0.4, 0.5) is 4.39 Å². The van der Waals surface area contributed by atoms with Crippen molar-refractivity contribution in [3.05, 3.63) is 29.1 Å². The van der Waals surface area contributed by atoms with E-state index in [1.165, 1.54) is 12.1 Å². The number of phenolic OH excluding ortho intramolecular Hbond substituents is 1. The molecule has 0 fully saturated rings. The van der Waals surface area contributed by atoms with Gasteiger partial charge in [-0.2, -0.15) is 0 Å². The van der Waals surface area contributed by atoms with Gasteiger partial charge in [-0.05, 0) is 30.2 Å². The predicted molar refractivity (Wildman–Crippen MR) is 46.6 cm³/mol. The van der Waals surface area contributed by atoms with Gasteiger partial charge in [0.15, 0.2) is 0 Å². The van der Waals surface area contributed by atoms with Crippen LogP contribution in [0.15, 0.2) is 12.1 Å². The molecule has 13 heavy (non-hydrogen) atoms. The summed E-state index contributed by atoms with van der Waals surface area (Å²) in [5, 5.41) is 9.38. The molecule has 1 rings (SSSR count). The molecule has 3 N–H and O–H groups in total. The van der Waals surface area contributed by atoms with Gasteiger partial charge in [-0.15, -0.1) is 0 Å². The van der Waals surface area contributed by atoms with Crippen LogP contribution < -0.4 is 5.90 Å². The van der Waals surface area contributed by atoms with Gasteiger partial charge in [-0.25, -0.2) is 10.3 Å². The van der Waals surface area contributed by atoms with E-state index in [0.717, 1.165) is 0 Å². The molecule has 0 amide bonds. The lowest BCUT2D eigenvalue weighted by Crippen LogP contribution is -2.04. The van der Waals surface area contributed by atoms with Crippen LogP contribution in [0.3, 0.4) is 0 Å². The molecule has 72 valence electrons. The molecule has 0 saturated carbocycles. The van der Waals surface area contributed by atoms with E-state index in [1.54, 1.807) is 6.92 Å². The molecule has 0 aromatic heterocycles. The number of hydrogen-bond donors (Lipinski definition) is 2. The Kier molecular flexibility index (Phi) is 3.22. The van der Waals surface area contributed by atoms with Crippen molar-refractivity contribution in [2.75, 3.05) is 6.61 Å². The fourth-order valence-electron chi connectivity index (χ4n) is 1.08. The zero-order valence-electron chi connectivity index (χ0n) is 7.38. The minimum Gasteiger partial charge on any atom is -0.508 e. The predicted octanol–water partition coefficient (Wildman–Crippen LogP) is 1.27. The van der Waals surface area contributed by atoms with E-state index < -0.39 is 0 Å². The number of aromatic hydroxyl groups is 1. The molecule has 0 aliphatic carbocycles. The minimum absolute atomic E-state index is 0.0796. The zero-order valence-corrected chi connectivity index (χ0v) is 7.38. The van der Waals surface area contributed by atoms with Crippen molar-refractivity contribution in [1.29, 1.82) is 0 Å². The molecule has 4 heteroatoms. The van der Waals surface area contributed by atoms with Gasteiger partial charge in [-0.3, -0.25) is 0 Å². The summed E-state index contributed by atoms with van der Waals surface area (Å²) >= 11 is 0. The molecular weight excluding hydrogens is 173 g/mol. The topological polar surface area (TPSA) is 55.5 Å². The number of rotatable bonds is 3. The summed E-state index contributed by atoms with van der Waals surface area (Å²) in [7, 11) is 0. The number of nitrogens with two attached hydrogens (primary N) is 1. The Hall–Kier alpha value is -1.13. The van der Waals surface area contributed by atoms with Crippen molar-refractivity contribution in [3.8, 4) is 5.75 Å². The highest BCUT2D eigenvalue weighted by Crippen LogP contribution is 2.21. The Morgan fingerprint density at radius 3 is 2.85 bits per heavy atom. The van der Waals surface area contributed by atoms with E-state index in [0.29, 0.717) is 17.5 Å². The normalized spacial score (nSPS) is 10.4. The lowest BCUT2D eigenvalue weighted by molar-refractivity contribution is 0.140. The Morgan fingerprint density at radius 1 is 1.54 bits per heavy atom. The molecule has 0 heterocycles. The summed E-state index contributed by atoms with van der Waals surface area (Å²) in [5.74, 6) is 4.57. The molecule has 0 bridgehead atoms. The monoisotopic (exact) mass is 185 g/mol. The van der Waals surface area contributed by atoms with E-state index in [-0.39, 0.29) is 18.2 Å². The third-order valence-electron chi connectivity index (χ3n) is 1.85. The van der Waals surface area contributed by atoms with E-state index in [4.69, 9.17) is 5.90 Å². The third-order valence-corrected chi connectivity index (χ3v) is 1.85. The van der Waals surface area contributed by atoms with Gasteiger partial charge in [0.2, 0.25) is 0 Å². The van der Waals surface area contributed by atoms with Gasteiger partial charge >= 0.3 is 0 Å². The van der Waals surface area contributed by atoms with Crippen LogP contribution in [-0.2, 0) is 11.3 Å². The maximum atomic E-state index is 13.0.